The van der Waals surface area contributed by atoms with Crippen LogP contribution in [0.2, 0.25) is 0 Å². The van der Waals surface area contributed by atoms with Crippen molar-refractivity contribution in [1.29, 1.82) is 0 Å². The summed E-state index contributed by atoms with van der Waals surface area (Å²) in [6.45, 7) is 2.16. The minimum Gasteiger partial charge on any atom is -0.405 e. The molecule has 3 unspecified atom stereocenters. The molecule has 0 heterocycles. The van der Waals surface area contributed by atoms with Gasteiger partial charge in [-0.25, -0.2) is 0 Å². The first kappa shape index (κ1) is 15.2. The summed E-state index contributed by atoms with van der Waals surface area (Å²) >= 11 is 0. The highest BCUT2D eigenvalue weighted by Gasteiger charge is 2.34. The van der Waals surface area contributed by atoms with Crippen molar-refractivity contribution >= 4 is 0 Å². The average molecular weight is 287 g/mol. The van der Waals surface area contributed by atoms with Crippen molar-refractivity contribution in [2.75, 3.05) is 0 Å². The molecule has 0 spiro atoms. The van der Waals surface area contributed by atoms with E-state index in [1.54, 1.807) is 12.1 Å². The zero-order valence-corrected chi connectivity index (χ0v) is 11.5. The maximum absolute atomic E-state index is 12.4. The largest absolute Gasteiger partial charge is 0.573 e. The first-order valence-corrected chi connectivity index (χ1v) is 6.97. The van der Waals surface area contributed by atoms with Gasteiger partial charge in [0.15, 0.2) is 0 Å². The number of benzene rings is 1. The molecule has 0 amide bonds. The Labute approximate surface area is 117 Å². The monoisotopic (exact) mass is 287 g/mol. The first-order chi connectivity index (χ1) is 9.37. The predicted molar refractivity (Wildman–Crippen MR) is 71.2 cm³/mol. The highest BCUT2D eigenvalue weighted by Crippen LogP contribution is 2.39. The van der Waals surface area contributed by atoms with E-state index in [0.29, 0.717) is 11.5 Å². The van der Waals surface area contributed by atoms with Gasteiger partial charge in [-0.15, -0.1) is 13.2 Å². The lowest BCUT2D eigenvalue weighted by atomic mass is 9.77. The molecule has 0 bridgehead atoms. The molecule has 1 aromatic rings. The number of rotatable bonds is 3. The Hall–Kier alpha value is -1.23. The highest BCUT2D eigenvalue weighted by atomic mass is 19.4. The summed E-state index contributed by atoms with van der Waals surface area (Å²) < 4.78 is 41.4. The summed E-state index contributed by atoms with van der Waals surface area (Å²) in [5.41, 5.74) is 6.65. The molecule has 1 aromatic carbocycles. The van der Waals surface area contributed by atoms with Crippen LogP contribution in [0.3, 0.4) is 0 Å². The molecular formula is C15H20F3NO. The van der Waals surface area contributed by atoms with E-state index in [0.717, 1.165) is 19.3 Å². The van der Waals surface area contributed by atoms with Crippen LogP contribution in [0.25, 0.3) is 0 Å². The van der Waals surface area contributed by atoms with Crippen LogP contribution in [0.15, 0.2) is 24.3 Å². The molecule has 1 aliphatic carbocycles. The number of nitrogens with two attached hydrogens (primary N) is 1. The fourth-order valence-electron chi connectivity index (χ4n) is 3.03. The van der Waals surface area contributed by atoms with Crippen LogP contribution >= 0.6 is 0 Å². The molecule has 1 saturated carbocycles. The normalized spacial score (nSPS) is 25.2. The second-order valence-corrected chi connectivity index (χ2v) is 5.64. The zero-order valence-electron chi connectivity index (χ0n) is 11.5. The summed E-state index contributed by atoms with van der Waals surface area (Å²) in [4.78, 5) is 0. The lowest BCUT2D eigenvalue weighted by molar-refractivity contribution is -0.275. The third kappa shape index (κ3) is 3.88. The first-order valence-electron chi connectivity index (χ1n) is 6.97. The van der Waals surface area contributed by atoms with Crippen molar-refractivity contribution < 1.29 is 17.9 Å². The Morgan fingerprint density at radius 2 is 1.95 bits per heavy atom. The minimum atomic E-state index is -4.68. The van der Waals surface area contributed by atoms with Crippen LogP contribution in [0, 0.1) is 11.8 Å². The maximum atomic E-state index is 12.4. The Balaban J connectivity index is 2.18. The average Bonchev–Trinajstić information content (AvgIpc) is 2.37. The Kier molecular flexibility index (Phi) is 4.58. The van der Waals surface area contributed by atoms with Crippen LogP contribution in [-0.2, 0) is 0 Å². The van der Waals surface area contributed by atoms with Crippen LogP contribution in [0.5, 0.6) is 5.75 Å². The highest BCUT2D eigenvalue weighted by molar-refractivity contribution is 5.36. The van der Waals surface area contributed by atoms with Gasteiger partial charge >= 0.3 is 6.36 Å². The lowest BCUT2D eigenvalue weighted by Gasteiger charge is -2.32. The third-order valence-electron chi connectivity index (χ3n) is 3.99. The standard InChI is InChI=1S/C15H20F3NO/c1-10-5-4-6-11(9-10)14(19)12-7-2-3-8-13(12)20-15(16,17)18/h2-3,7-8,10-11,14H,4-6,9,19H2,1H3. The zero-order chi connectivity index (χ0) is 14.8. The van der Waals surface area contributed by atoms with E-state index in [4.69, 9.17) is 5.73 Å². The van der Waals surface area contributed by atoms with Crippen molar-refractivity contribution in [3.8, 4) is 5.75 Å². The number of hydrogen-bond acceptors (Lipinski definition) is 2. The van der Waals surface area contributed by atoms with Crippen LogP contribution in [0.4, 0.5) is 13.2 Å². The second kappa shape index (κ2) is 6.04. The van der Waals surface area contributed by atoms with Gasteiger partial charge in [-0.1, -0.05) is 38.0 Å². The molecule has 1 aliphatic rings. The molecular weight excluding hydrogens is 267 g/mol. The Morgan fingerprint density at radius 3 is 2.60 bits per heavy atom. The molecule has 0 radical (unpaired) electrons. The number of para-hydroxylation sites is 1. The van der Waals surface area contributed by atoms with E-state index in [1.807, 2.05) is 0 Å². The van der Waals surface area contributed by atoms with Gasteiger partial charge in [-0.2, -0.15) is 0 Å². The van der Waals surface area contributed by atoms with Gasteiger partial charge in [-0.3, -0.25) is 0 Å². The van der Waals surface area contributed by atoms with Crippen molar-refractivity contribution in [1.82, 2.24) is 0 Å². The molecule has 0 saturated heterocycles. The summed E-state index contributed by atoms with van der Waals surface area (Å²) in [7, 11) is 0. The van der Waals surface area contributed by atoms with Crippen molar-refractivity contribution in [2.45, 2.75) is 45.0 Å². The topological polar surface area (TPSA) is 35.2 Å². The van der Waals surface area contributed by atoms with E-state index in [2.05, 4.69) is 11.7 Å². The smallest absolute Gasteiger partial charge is 0.405 e. The van der Waals surface area contributed by atoms with E-state index in [1.165, 1.54) is 18.6 Å². The molecule has 3 atom stereocenters. The molecule has 0 aromatic heterocycles. The van der Waals surface area contributed by atoms with Gasteiger partial charge in [0.25, 0.3) is 0 Å². The maximum Gasteiger partial charge on any atom is 0.573 e. The van der Waals surface area contributed by atoms with Crippen molar-refractivity contribution in [2.24, 2.45) is 17.6 Å². The summed E-state index contributed by atoms with van der Waals surface area (Å²) in [5, 5.41) is 0. The van der Waals surface area contributed by atoms with Gasteiger partial charge in [0.2, 0.25) is 0 Å². The summed E-state index contributed by atoms with van der Waals surface area (Å²) in [6, 6.07) is 5.78. The van der Waals surface area contributed by atoms with Gasteiger partial charge < -0.3 is 10.5 Å². The molecule has 2 N–H and O–H groups in total. The minimum absolute atomic E-state index is 0.175. The van der Waals surface area contributed by atoms with Crippen LogP contribution in [-0.4, -0.2) is 6.36 Å². The second-order valence-electron chi connectivity index (χ2n) is 5.64. The molecule has 112 valence electrons. The molecule has 20 heavy (non-hydrogen) atoms. The third-order valence-corrected chi connectivity index (χ3v) is 3.99. The van der Waals surface area contributed by atoms with E-state index >= 15 is 0 Å². The number of alkyl halides is 3. The van der Waals surface area contributed by atoms with Crippen LogP contribution in [0.1, 0.15) is 44.2 Å². The Bertz CT molecular complexity index is 447. The number of hydrogen-bond donors (Lipinski definition) is 1. The fraction of sp³-hybridized carbons (Fsp3) is 0.600. The van der Waals surface area contributed by atoms with Gasteiger partial charge in [-0.05, 0) is 30.7 Å². The predicted octanol–water partition coefficient (Wildman–Crippen LogP) is 4.41. The molecule has 1 fully saturated rings. The van der Waals surface area contributed by atoms with Crippen LogP contribution < -0.4 is 10.5 Å². The molecule has 2 rings (SSSR count). The molecule has 2 nitrogen and oxygen atoms in total. The summed E-state index contributed by atoms with van der Waals surface area (Å²) in [5.74, 6) is 0.623. The van der Waals surface area contributed by atoms with Crippen molar-refractivity contribution in [3.63, 3.8) is 0 Å². The summed E-state index contributed by atoms with van der Waals surface area (Å²) in [6.07, 6.45) is -0.505. The molecule has 0 aliphatic heterocycles. The molecule has 5 heteroatoms. The fourth-order valence-corrected chi connectivity index (χ4v) is 3.03. The van der Waals surface area contributed by atoms with Crippen molar-refractivity contribution in [3.05, 3.63) is 29.8 Å². The van der Waals surface area contributed by atoms with Gasteiger partial charge in [0, 0.05) is 11.6 Å². The van der Waals surface area contributed by atoms with Gasteiger partial charge in [0.1, 0.15) is 5.75 Å². The van der Waals surface area contributed by atoms with E-state index in [-0.39, 0.29) is 11.7 Å². The Morgan fingerprint density at radius 1 is 1.25 bits per heavy atom. The quantitative estimate of drug-likeness (QED) is 0.893. The lowest BCUT2D eigenvalue weighted by Crippen LogP contribution is -2.27. The SMILES string of the molecule is CC1CCCC(C(N)c2ccccc2OC(F)(F)F)C1. The number of halogens is 3. The van der Waals surface area contributed by atoms with Gasteiger partial charge in [0.05, 0.1) is 0 Å². The number of ether oxygens (including phenoxy) is 1. The van der Waals surface area contributed by atoms with E-state index < -0.39 is 12.4 Å². The van der Waals surface area contributed by atoms with E-state index in [9.17, 15) is 13.2 Å².